The quantitative estimate of drug-likeness (QED) is 0.804. The van der Waals surface area contributed by atoms with Gasteiger partial charge in [0, 0.05) is 17.1 Å². The molecule has 0 bridgehead atoms. The lowest BCUT2D eigenvalue weighted by atomic mass is 10.1. The maximum atomic E-state index is 11.1. The fourth-order valence-corrected chi connectivity index (χ4v) is 3.13. The molecule has 6 heteroatoms. The van der Waals surface area contributed by atoms with Crippen LogP contribution in [0.1, 0.15) is 11.3 Å². The lowest BCUT2D eigenvalue weighted by Crippen LogP contribution is -2.04. The number of aromatic nitrogens is 2. The summed E-state index contributed by atoms with van der Waals surface area (Å²) in [5, 5.41) is 11.0. The van der Waals surface area contributed by atoms with E-state index in [1.54, 1.807) is 7.11 Å². The predicted octanol–water partition coefficient (Wildman–Crippen LogP) is 3.01. The molecule has 0 atom stereocenters. The Labute approximate surface area is 125 Å². The van der Waals surface area contributed by atoms with Crippen LogP contribution in [0, 0.1) is 6.92 Å². The van der Waals surface area contributed by atoms with Gasteiger partial charge in [-0.15, -0.1) is 11.3 Å². The lowest BCUT2D eigenvalue weighted by molar-refractivity contribution is -0.136. The molecule has 1 aromatic carbocycles. The molecule has 21 heavy (non-hydrogen) atoms. The summed E-state index contributed by atoms with van der Waals surface area (Å²) in [5.41, 5.74) is 3.31. The van der Waals surface area contributed by atoms with Gasteiger partial charge in [0.25, 0.3) is 0 Å². The number of carboxylic acid groups (broad SMARTS) is 1. The summed E-state index contributed by atoms with van der Waals surface area (Å²) in [6, 6.07) is 5.75. The standard InChI is InChI=1S/C15H14N2O3S/c1-9-7-10(3-4-12(9)20-2)14-11(8-13(18)19)17-5-6-21-15(17)16-14/h3-7H,8H2,1-2H3,(H,18,19). The van der Waals surface area contributed by atoms with Gasteiger partial charge < -0.3 is 9.84 Å². The van der Waals surface area contributed by atoms with Gasteiger partial charge in [-0.25, -0.2) is 4.98 Å². The molecular weight excluding hydrogens is 288 g/mol. The van der Waals surface area contributed by atoms with E-state index in [-0.39, 0.29) is 6.42 Å². The molecule has 0 aliphatic rings. The topological polar surface area (TPSA) is 63.8 Å². The van der Waals surface area contributed by atoms with E-state index in [2.05, 4.69) is 4.98 Å². The van der Waals surface area contributed by atoms with Gasteiger partial charge in [0.1, 0.15) is 5.75 Å². The summed E-state index contributed by atoms with van der Waals surface area (Å²) in [5.74, 6) is -0.0611. The molecule has 1 N–H and O–H groups in total. The lowest BCUT2D eigenvalue weighted by Gasteiger charge is -2.07. The highest BCUT2D eigenvalue weighted by Gasteiger charge is 2.17. The van der Waals surface area contributed by atoms with Crippen molar-refractivity contribution in [2.24, 2.45) is 0 Å². The maximum absolute atomic E-state index is 11.1. The summed E-state index contributed by atoms with van der Waals surface area (Å²) >= 11 is 1.49. The van der Waals surface area contributed by atoms with Crippen LogP contribution in [-0.2, 0) is 11.2 Å². The zero-order valence-corrected chi connectivity index (χ0v) is 12.5. The highest BCUT2D eigenvalue weighted by Crippen LogP contribution is 2.30. The smallest absolute Gasteiger partial charge is 0.309 e. The van der Waals surface area contributed by atoms with Crippen molar-refractivity contribution in [3.8, 4) is 17.0 Å². The minimum atomic E-state index is -0.866. The van der Waals surface area contributed by atoms with Crippen molar-refractivity contribution < 1.29 is 14.6 Å². The number of carbonyl (C=O) groups is 1. The molecule has 0 unspecified atom stereocenters. The van der Waals surface area contributed by atoms with E-state index in [1.165, 1.54) is 11.3 Å². The number of imidazole rings is 1. The molecule has 3 aromatic rings. The van der Waals surface area contributed by atoms with Crippen molar-refractivity contribution in [1.82, 2.24) is 9.38 Å². The highest BCUT2D eigenvalue weighted by atomic mass is 32.1. The van der Waals surface area contributed by atoms with Crippen LogP contribution in [0.15, 0.2) is 29.8 Å². The molecule has 0 saturated heterocycles. The van der Waals surface area contributed by atoms with Gasteiger partial charge in [-0.05, 0) is 30.7 Å². The Morgan fingerprint density at radius 1 is 1.48 bits per heavy atom. The number of hydrogen-bond donors (Lipinski definition) is 1. The van der Waals surface area contributed by atoms with Gasteiger partial charge in [0.05, 0.1) is 24.9 Å². The Morgan fingerprint density at radius 2 is 2.29 bits per heavy atom. The Hall–Kier alpha value is -2.34. The van der Waals surface area contributed by atoms with Crippen LogP contribution in [-0.4, -0.2) is 27.6 Å². The largest absolute Gasteiger partial charge is 0.496 e. The number of ether oxygens (including phenoxy) is 1. The van der Waals surface area contributed by atoms with Crippen molar-refractivity contribution in [3.63, 3.8) is 0 Å². The summed E-state index contributed by atoms with van der Waals surface area (Å²) in [6.07, 6.45) is 1.80. The molecule has 108 valence electrons. The Morgan fingerprint density at radius 3 is 2.95 bits per heavy atom. The summed E-state index contributed by atoms with van der Waals surface area (Å²) in [7, 11) is 1.63. The average Bonchev–Trinajstić information content (AvgIpc) is 3.01. The molecule has 5 nitrogen and oxygen atoms in total. The van der Waals surface area contributed by atoms with Crippen molar-refractivity contribution in [2.75, 3.05) is 7.11 Å². The van der Waals surface area contributed by atoms with Gasteiger partial charge in [0.15, 0.2) is 4.96 Å². The van der Waals surface area contributed by atoms with Gasteiger partial charge in [-0.2, -0.15) is 0 Å². The monoisotopic (exact) mass is 302 g/mol. The number of methoxy groups -OCH3 is 1. The SMILES string of the molecule is COc1ccc(-c2nc3sccn3c2CC(=O)O)cc1C. The minimum Gasteiger partial charge on any atom is -0.496 e. The van der Waals surface area contributed by atoms with Crippen LogP contribution in [0.2, 0.25) is 0 Å². The maximum Gasteiger partial charge on any atom is 0.309 e. The number of aryl methyl sites for hydroxylation is 1. The van der Waals surface area contributed by atoms with Gasteiger partial charge in [0.2, 0.25) is 0 Å². The molecular formula is C15H14N2O3S. The minimum absolute atomic E-state index is 0.0572. The number of benzene rings is 1. The van der Waals surface area contributed by atoms with Gasteiger partial charge >= 0.3 is 5.97 Å². The van der Waals surface area contributed by atoms with Crippen LogP contribution in [0.4, 0.5) is 0 Å². The Balaban J connectivity index is 2.16. The molecule has 0 aliphatic carbocycles. The van der Waals surface area contributed by atoms with Crippen molar-refractivity contribution >= 4 is 22.3 Å². The molecule has 0 aliphatic heterocycles. The van der Waals surface area contributed by atoms with E-state index in [0.29, 0.717) is 5.69 Å². The zero-order valence-electron chi connectivity index (χ0n) is 11.7. The highest BCUT2D eigenvalue weighted by molar-refractivity contribution is 7.15. The Bertz CT molecular complexity index is 820. The van der Waals surface area contributed by atoms with E-state index >= 15 is 0 Å². The van der Waals surface area contributed by atoms with Gasteiger partial charge in [-0.3, -0.25) is 9.20 Å². The van der Waals surface area contributed by atoms with Crippen LogP contribution >= 0.6 is 11.3 Å². The second-order valence-electron chi connectivity index (χ2n) is 4.72. The van der Waals surface area contributed by atoms with Crippen LogP contribution in [0.3, 0.4) is 0 Å². The normalized spacial score (nSPS) is 11.0. The van der Waals surface area contributed by atoms with Crippen molar-refractivity contribution in [1.29, 1.82) is 0 Å². The molecule has 2 aromatic heterocycles. The van der Waals surface area contributed by atoms with E-state index in [4.69, 9.17) is 9.84 Å². The first kappa shape index (κ1) is 13.6. The fourth-order valence-electron chi connectivity index (χ4n) is 2.40. The van der Waals surface area contributed by atoms with Crippen molar-refractivity contribution in [2.45, 2.75) is 13.3 Å². The summed E-state index contributed by atoms with van der Waals surface area (Å²) < 4.78 is 7.10. The first-order valence-electron chi connectivity index (χ1n) is 6.41. The third kappa shape index (κ3) is 2.38. The third-order valence-electron chi connectivity index (χ3n) is 3.35. The van der Waals surface area contributed by atoms with Crippen LogP contribution in [0.25, 0.3) is 16.2 Å². The van der Waals surface area contributed by atoms with Crippen molar-refractivity contribution in [3.05, 3.63) is 41.0 Å². The first-order valence-corrected chi connectivity index (χ1v) is 7.29. The number of fused-ring (bicyclic) bond motifs is 1. The van der Waals surface area contributed by atoms with Crippen LogP contribution in [0.5, 0.6) is 5.75 Å². The molecule has 0 amide bonds. The molecule has 0 radical (unpaired) electrons. The second kappa shape index (κ2) is 5.21. The number of carboxylic acids is 1. The molecule has 0 saturated carbocycles. The number of thiazole rings is 1. The van der Waals surface area contributed by atoms with E-state index in [9.17, 15) is 4.79 Å². The summed E-state index contributed by atoms with van der Waals surface area (Å²) in [4.78, 5) is 16.5. The number of nitrogens with zero attached hydrogens (tertiary/aromatic N) is 2. The van der Waals surface area contributed by atoms with E-state index in [1.807, 2.05) is 41.1 Å². The summed E-state index contributed by atoms with van der Waals surface area (Å²) in [6.45, 7) is 1.96. The zero-order chi connectivity index (χ0) is 15.0. The molecule has 0 spiro atoms. The fraction of sp³-hybridized carbons (Fsp3) is 0.200. The predicted molar refractivity (Wildman–Crippen MR) is 81.1 cm³/mol. The van der Waals surface area contributed by atoms with Crippen LogP contribution < -0.4 is 4.74 Å². The second-order valence-corrected chi connectivity index (χ2v) is 5.59. The van der Waals surface area contributed by atoms with E-state index < -0.39 is 5.97 Å². The average molecular weight is 302 g/mol. The molecule has 0 fully saturated rings. The first-order chi connectivity index (χ1) is 10.1. The molecule has 3 rings (SSSR count). The number of hydrogen-bond acceptors (Lipinski definition) is 4. The molecule has 2 heterocycles. The third-order valence-corrected chi connectivity index (χ3v) is 4.10. The van der Waals surface area contributed by atoms with E-state index in [0.717, 1.165) is 27.5 Å². The van der Waals surface area contributed by atoms with Gasteiger partial charge in [-0.1, -0.05) is 0 Å². The Kier molecular flexibility index (Phi) is 3.39. The number of aliphatic carboxylic acids is 1. The number of rotatable bonds is 4.